The molecule has 0 aliphatic rings. The lowest BCUT2D eigenvalue weighted by Crippen LogP contribution is -1.96. The fourth-order valence-corrected chi connectivity index (χ4v) is 2.66. The van der Waals surface area contributed by atoms with E-state index in [0.29, 0.717) is 0 Å². The molecule has 0 radical (unpaired) electrons. The molecule has 0 heterocycles. The van der Waals surface area contributed by atoms with Crippen LogP contribution < -0.4 is 0 Å². The summed E-state index contributed by atoms with van der Waals surface area (Å²) >= 11 is 1.33. The fraction of sp³-hybridized carbons (Fsp3) is 0.455. The zero-order valence-electron chi connectivity index (χ0n) is 8.49. The largest absolute Gasteiger partial charge is 0.269 e. The van der Waals surface area contributed by atoms with E-state index in [1.807, 2.05) is 0 Å². The summed E-state index contributed by atoms with van der Waals surface area (Å²) < 4.78 is 0.970. The Morgan fingerprint density at radius 1 is 1.23 bits per heavy atom. The summed E-state index contributed by atoms with van der Waals surface area (Å²) in [5.74, 6) is 0. The van der Waals surface area contributed by atoms with Crippen molar-refractivity contribution in [1.82, 2.24) is 0 Å². The van der Waals surface area contributed by atoms with Gasteiger partial charge in [0.15, 0.2) is 0 Å². The predicted octanol–water partition coefficient (Wildman–Crippen LogP) is 2.60. The van der Waals surface area contributed by atoms with E-state index in [1.54, 1.807) is 0 Å². The third-order valence-corrected chi connectivity index (χ3v) is 3.19. The minimum atomic E-state index is 0. The Labute approximate surface area is 88.1 Å². The van der Waals surface area contributed by atoms with E-state index < -0.39 is 0 Å². The topological polar surface area (TPSA) is 0 Å². The van der Waals surface area contributed by atoms with Crippen LogP contribution >= 0.6 is 0 Å². The van der Waals surface area contributed by atoms with Crippen molar-refractivity contribution in [2.75, 3.05) is 0 Å². The molecule has 0 aromatic heterocycles. The van der Waals surface area contributed by atoms with Gasteiger partial charge >= 0.3 is 0 Å². The number of rotatable bonds is 4. The second-order valence-electron chi connectivity index (χ2n) is 3.58. The molecule has 0 amide bonds. The molecule has 0 bridgehead atoms. The lowest BCUT2D eigenvalue weighted by atomic mass is 10.1. The van der Waals surface area contributed by atoms with Crippen molar-refractivity contribution in [1.29, 1.82) is 0 Å². The van der Waals surface area contributed by atoms with Crippen molar-refractivity contribution >= 4 is 16.3 Å². The van der Waals surface area contributed by atoms with Gasteiger partial charge in [-0.1, -0.05) is 54.9 Å². The van der Waals surface area contributed by atoms with E-state index in [4.69, 9.17) is 0 Å². The molecule has 1 unspecified atom stereocenters. The van der Waals surface area contributed by atoms with Crippen LogP contribution in [0.1, 0.15) is 25.3 Å². The molecule has 0 aliphatic carbocycles. The van der Waals surface area contributed by atoms with E-state index in [-0.39, 0.29) is 4.70 Å². The Morgan fingerprint density at radius 3 is 2.38 bits per heavy atom. The van der Waals surface area contributed by atoms with Crippen LogP contribution in [0.5, 0.6) is 0 Å². The van der Waals surface area contributed by atoms with E-state index in [9.17, 15) is 0 Å². The first-order valence-corrected chi connectivity index (χ1v) is 6.02. The van der Waals surface area contributed by atoms with Crippen LogP contribution in [0.15, 0.2) is 30.3 Å². The smallest absolute Gasteiger partial charge is 0.216 e. The van der Waals surface area contributed by atoms with Crippen LogP contribution in [-0.2, 0) is 6.42 Å². The molecule has 13 heavy (non-hydrogen) atoms. The highest BCUT2D eigenvalue weighted by molar-refractivity contribution is 6.11. The van der Waals surface area contributed by atoms with Crippen molar-refractivity contribution in [2.24, 2.45) is 0 Å². The van der Waals surface area contributed by atoms with Gasteiger partial charge in [0, 0.05) is 0 Å². The summed E-state index contributed by atoms with van der Waals surface area (Å²) in [7, 11) is 0. The number of hydrogen-bond donors (Lipinski definition) is 0. The van der Waals surface area contributed by atoms with E-state index in [0.717, 1.165) is 4.78 Å². The first-order valence-electron chi connectivity index (χ1n) is 4.87. The third kappa shape index (κ3) is 5.08. The summed E-state index contributed by atoms with van der Waals surface area (Å²) in [6.45, 7) is 2.27. The number of halogens is 1. The highest BCUT2D eigenvalue weighted by atomic mass is 27.0. The van der Waals surface area contributed by atoms with Gasteiger partial charge in [-0.2, -0.15) is 0 Å². The normalized spacial score (nSPS) is 11.8. The SMILES string of the molecule is CCC[CH]([AlH2])Cc1ccccc1.F. The highest BCUT2D eigenvalue weighted by Gasteiger charge is 2.01. The Bertz CT molecular complexity index is 211. The molecule has 1 aromatic rings. The first kappa shape index (κ1) is 12.7. The Morgan fingerprint density at radius 2 is 1.85 bits per heavy atom. The molecule has 0 saturated heterocycles. The molecule has 0 saturated carbocycles. The van der Waals surface area contributed by atoms with E-state index in [1.165, 1.54) is 41.1 Å². The van der Waals surface area contributed by atoms with Crippen molar-refractivity contribution in [3.63, 3.8) is 0 Å². The fourth-order valence-electron chi connectivity index (χ4n) is 1.61. The summed E-state index contributed by atoms with van der Waals surface area (Å²) in [4.78, 5) is 0. The van der Waals surface area contributed by atoms with E-state index in [2.05, 4.69) is 37.3 Å². The first-order chi connectivity index (χ1) is 5.83. The summed E-state index contributed by atoms with van der Waals surface area (Å²) in [6.07, 6.45) is 4.03. The van der Waals surface area contributed by atoms with Gasteiger partial charge in [0.25, 0.3) is 0 Å². The van der Waals surface area contributed by atoms with Crippen LogP contribution in [0.4, 0.5) is 4.70 Å². The quantitative estimate of drug-likeness (QED) is 0.649. The standard InChI is InChI=1S/C11H15.Al.FH.2H/c1-2-3-5-8-11-9-6-4-7-10-11;;;;/h4-7,9-10H,2-3,8H2,1H3;;1H;;. The van der Waals surface area contributed by atoms with Crippen molar-refractivity contribution < 1.29 is 4.70 Å². The monoisotopic (exact) mass is 196 g/mol. The van der Waals surface area contributed by atoms with Crippen molar-refractivity contribution in [3.05, 3.63) is 35.9 Å². The molecule has 1 atom stereocenters. The van der Waals surface area contributed by atoms with Gasteiger partial charge in [0.05, 0.1) is 0 Å². The number of hydrogen-bond acceptors (Lipinski definition) is 0. The molecule has 2 heteroatoms. The van der Waals surface area contributed by atoms with Gasteiger partial charge < -0.3 is 0 Å². The minimum Gasteiger partial charge on any atom is -0.269 e. The average molecular weight is 196 g/mol. The molecular weight excluding hydrogens is 178 g/mol. The minimum absolute atomic E-state index is 0. The summed E-state index contributed by atoms with van der Waals surface area (Å²) in [5, 5.41) is 0. The second kappa shape index (κ2) is 7.12. The van der Waals surface area contributed by atoms with Crippen molar-refractivity contribution in [3.8, 4) is 0 Å². The molecular formula is C11H18AlF. The molecule has 0 aliphatic heterocycles. The molecule has 1 rings (SSSR count). The summed E-state index contributed by atoms with van der Waals surface area (Å²) in [5.41, 5.74) is 1.51. The van der Waals surface area contributed by atoms with Crippen LogP contribution in [-0.4, -0.2) is 16.3 Å². The highest BCUT2D eigenvalue weighted by Crippen LogP contribution is 2.15. The molecule has 0 N–H and O–H groups in total. The Balaban J connectivity index is 0.00000144. The van der Waals surface area contributed by atoms with Gasteiger partial charge in [-0.05, 0) is 12.0 Å². The molecule has 0 fully saturated rings. The molecule has 0 nitrogen and oxygen atoms in total. The second-order valence-corrected chi connectivity index (χ2v) is 5.22. The molecule has 1 aromatic carbocycles. The van der Waals surface area contributed by atoms with Crippen LogP contribution in [0, 0.1) is 0 Å². The summed E-state index contributed by atoms with van der Waals surface area (Å²) in [6, 6.07) is 10.8. The lowest BCUT2D eigenvalue weighted by molar-refractivity contribution is 0.715. The van der Waals surface area contributed by atoms with Gasteiger partial charge in [0.2, 0.25) is 16.3 Å². The third-order valence-electron chi connectivity index (χ3n) is 2.21. The number of benzene rings is 1. The zero-order valence-corrected chi connectivity index (χ0v) is 10.5. The van der Waals surface area contributed by atoms with E-state index >= 15 is 0 Å². The zero-order chi connectivity index (χ0) is 8.81. The van der Waals surface area contributed by atoms with Gasteiger partial charge in [0.1, 0.15) is 0 Å². The van der Waals surface area contributed by atoms with Crippen LogP contribution in [0.3, 0.4) is 0 Å². The average Bonchev–Trinajstić information content (AvgIpc) is 2.06. The maximum absolute atomic E-state index is 2.27. The van der Waals surface area contributed by atoms with Gasteiger partial charge in [-0.25, -0.2) is 0 Å². The maximum atomic E-state index is 2.27. The maximum Gasteiger partial charge on any atom is 0.216 e. The van der Waals surface area contributed by atoms with Crippen LogP contribution in [0.25, 0.3) is 0 Å². The predicted molar refractivity (Wildman–Crippen MR) is 59.9 cm³/mol. The van der Waals surface area contributed by atoms with Crippen LogP contribution in [0.2, 0.25) is 4.78 Å². The van der Waals surface area contributed by atoms with Gasteiger partial charge in [-0.3, -0.25) is 4.70 Å². The molecule has 0 spiro atoms. The van der Waals surface area contributed by atoms with Crippen molar-refractivity contribution in [2.45, 2.75) is 31.0 Å². The Kier molecular flexibility index (Phi) is 6.95. The Hall–Kier alpha value is -0.318. The molecule has 72 valence electrons. The lowest BCUT2D eigenvalue weighted by Gasteiger charge is -2.09. The van der Waals surface area contributed by atoms with Gasteiger partial charge in [-0.15, -0.1) is 0 Å².